The van der Waals surface area contributed by atoms with E-state index in [1.165, 1.54) is 6.26 Å². The smallest absolute Gasteiger partial charge is 0.175 e. The van der Waals surface area contributed by atoms with Gasteiger partial charge in [0.25, 0.3) is 0 Å². The number of oxime groups is 1. The zero-order valence-electron chi connectivity index (χ0n) is 11.5. The van der Waals surface area contributed by atoms with Crippen LogP contribution in [0.2, 0.25) is 0 Å². The van der Waals surface area contributed by atoms with Gasteiger partial charge in [-0.25, -0.2) is 8.42 Å². The molecule has 112 valence electrons. The van der Waals surface area contributed by atoms with E-state index in [0.29, 0.717) is 17.9 Å². The molecule has 1 aromatic carbocycles. The molecule has 0 aliphatic rings. The molecule has 0 saturated carbocycles. The number of hydrogen-bond acceptors (Lipinski definition) is 5. The van der Waals surface area contributed by atoms with E-state index in [9.17, 15) is 8.42 Å². The molecule has 0 bridgehead atoms. The molecule has 0 spiro atoms. The third kappa shape index (κ3) is 6.03. The Balaban J connectivity index is 2.26. The van der Waals surface area contributed by atoms with E-state index in [1.807, 2.05) is 0 Å². The number of nitrogens with zero attached hydrogens (tertiary/aromatic N) is 1. The topological polar surface area (TPSA) is 105 Å². The Bertz CT molecular complexity index is 538. The average Bonchev–Trinajstić information content (AvgIpc) is 2.41. The number of unbranched alkanes of at least 4 members (excludes halogenated alkanes) is 1. The predicted molar refractivity (Wildman–Crippen MR) is 78.5 cm³/mol. The van der Waals surface area contributed by atoms with Crippen LogP contribution in [-0.2, 0) is 16.4 Å². The summed E-state index contributed by atoms with van der Waals surface area (Å²) in [5.41, 5.74) is 6.39. The zero-order valence-corrected chi connectivity index (χ0v) is 12.4. The molecule has 1 rings (SSSR count). The van der Waals surface area contributed by atoms with Crippen LogP contribution in [0, 0.1) is 0 Å². The minimum absolute atomic E-state index is 0.251. The van der Waals surface area contributed by atoms with Crippen LogP contribution in [0.25, 0.3) is 0 Å². The number of benzene rings is 1. The Morgan fingerprint density at radius 3 is 2.50 bits per heavy atom. The molecule has 0 radical (unpaired) electrons. The van der Waals surface area contributed by atoms with E-state index in [2.05, 4.69) is 10.5 Å². The molecule has 7 heteroatoms. The van der Waals surface area contributed by atoms with E-state index in [0.717, 1.165) is 24.9 Å². The predicted octanol–water partition coefficient (Wildman–Crippen LogP) is 1.10. The second kappa shape index (κ2) is 7.86. The molecule has 0 aliphatic carbocycles. The Labute approximate surface area is 119 Å². The van der Waals surface area contributed by atoms with E-state index in [1.54, 1.807) is 24.3 Å². The zero-order chi connectivity index (χ0) is 15.0. The van der Waals surface area contributed by atoms with Crippen molar-refractivity contribution in [2.24, 2.45) is 10.9 Å². The molecule has 0 aliphatic heterocycles. The van der Waals surface area contributed by atoms with Crippen LogP contribution >= 0.6 is 0 Å². The third-order valence-electron chi connectivity index (χ3n) is 2.85. The maximum absolute atomic E-state index is 11.3. The van der Waals surface area contributed by atoms with Crippen molar-refractivity contribution in [3.8, 4) is 0 Å². The van der Waals surface area contributed by atoms with Crippen LogP contribution < -0.4 is 11.1 Å². The van der Waals surface area contributed by atoms with E-state index in [-0.39, 0.29) is 5.84 Å². The first kappa shape index (κ1) is 16.5. The summed E-state index contributed by atoms with van der Waals surface area (Å²) in [5.74, 6) is 0.251. The fraction of sp³-hybridized carbons (Fsp3) is 0.462. The van der Waals surface area contributed by atoms with Gasteiger partial charge in [-0.3, -0.25) is 0 Å². The summed E-state index contributed by atoms with van der Waals surface area (Å²) >= 11 is 0. The summed E-state index contributed by atoms with van der Waals surface area (Å²) in [7, 11) is -3.13. The largest absolute Gasteiger partial charge is 0.409 e. The summed E-state index contributed by atoms with van der Waals surface area (Å²) in [6.45, 7) is 1.51. The number of nitrogens with one attached hydrogen (secondary N) is 1. The summed E-state index contributed by atoms with van der Waals surface area (Å²) in [5, 5.41) is 14.5. The van der Waals surface area contributed by atoms with E-state index >= 15 is 0 Å². The first-order valence-electron chi connectivity index (χ1n) is 6.39. The van der Waals surface area contributed by atoms with E-state index < -0.39 is 9.84 Å². The highest BCUT2D eigenvalue weighted by molar-refractivity contribution is 7.90. The van der Waals surface area contributed by atoms with Gasteiger partial charge in [-0.2, -0.15) is 0 Å². The van der Waals surface area contributed by atoms with Gasteiger partial charge in [-0.1, -0.05) is 17.3 Å². The summed E-state index contributed by atoms with van der Waals surface area (Å²) in [6.07, 6.45) is 3.57. The number of amidine groups is 1. The first-order valence-corrected chi connectivity index (χ1v) is 8.28. The molecular weight excluding hydrogens is 278 g/mol. The Hall–Kier alpha value is -1.60. The van der Waals surface area contributed by atoms with Crippen LogP contribution in [0.3, 0.4) is 0 Å². The molecular formula is C13H21N3O3S. The fourth-order valence-corrected chi connectivity index (χ4v) is 2.32. The fourth-order valence-electron chi connectivity index (χ4n) is 1.69. The maximum atomic E-state index is 11.3. The normalized spacial score (nSPS) is 12.6. The molecule has 0 unspecified atom stereocenters. The second-order valence-electron chi connectivity index (χ2n) is 4.64. The van der Waals surface area contributed by atoms with Crippen LogP contribution in [0.5, 0.6) is 0 Å². The highest BCUT2D eigenvalue weighted by Gasteiger charge is 2.05. The van der Waals surface area contributed by atoms with Crippen LogP contribution in [0.15, 0.2) is 34.3 Å². The third-order valence-corrected chi connectivity index (χ3v) is 3.97. The molecule has 0 fully saturated rings. The highest BCUT2D eigenvalue weighted by Crippen LogP contribution is 2.10. The Kier molecular flexibility index (Phi) is 6.47. The molecule has 4 N–H and O–H groups in total. The summed E-state index contributed by atoms with van der Waals surface area (Å²) in [6, 6.07) is 6.84. The van der Waals surface area contributed by atoms with Crippen molar-refractivity contribution in [3.05, 3.63) is 29.8 Å². The lowest BCUT2D eigenvalue weighted by Gasteiger charge is -2.05. The number of rotatable bonds is 8. The van der Waals surface area contributed by atoms with E-state index in [4.69, 9.17) is 10.9 Å². The SMILES string of the molecule is CS(=O)(=O)c1ccc(CNCCCCC(N)=NO)cc1. The monoisotopic (exact) mass is 299 g/mol. The van der Waals surface area contributed by atoms with Gasteiger partial charge in [0.05, 0.1) is 4.90 Å². The Morgan fingerprint density at radius 2 is 1.95 bits per heavy atom. The van der Waals surface area contributed by atoms with Crippen molar-refractivity contribution < 1.29 is 13.6 Å². The van der Waals surface area contributed by atoms with Gasteiger partial charge in [-0.05, 0) is 37.1 Å². The average molecular weight is 299 g/mol. The molecule has 20 heavy (non-hydrogen) atoms. The standard InChI is InChI=1S/C13H21N3O3S/c1-20(18,19)12-7-5-11(6-8-12)10-15-9-3-2-4-13(14)16-17/h5-8,15,17H,2-4,9-10H2,1H3,(H2,14,16). The molecule has 0 amide bonds. The van der Waals surface area contributed by atoms with Crippen molar-refractivity contribution in [1.29, 1.82) is 0 Å². The Morgan fingerprint density at radius 1 is 1.30 bits per heavy atom. The molecule has 0 saturated heterocycles. The van der Waals surface area contributed by atoms with Crippen molar-refractivity contribution in [3.63, 3.8) is 0 Å². The van der Waals surface area contributed by atoms with Crippen LogP contribution in [0.1, 0.15) is 24.8 Å². The minimum Gasteiger partial charge on any atom is -0.409 e. The van der Waals surface area contributed by atoms with Crippen molar-refractivity contribution in [2.75, 3.05) is 12.8 Å². The quantitative estimate of drug-likeness (QED) is 0.219. The molecule has 0 aromatic heterocycles. The maximum Gasteiger partial charge on any atom is 0.175 e. The van der Waals surface area contributed by atoms with Gasteiger partial charge in [0.15, 0.2) is 9.84 Å². The number of hydrogen-bond donors (Lipinski definition) is 3. The lowest BCUT2D eigenvalue weighted by molar-refractivity contribution is 0.316. The number of nitrogens with two attached hydrogens (primary N) is 1. The lowest BCUT2D eigenvalue weighted by atomic mass is 10.2. The van der Waals surface area contributed by atoms with Gasteiger partial charge in [0.2, 0.25) is 0 Å². The van der Waals surface area contributed by atoms with Gasteiger partial charge in [-0.15, -0.1) is 0 Å². The molecule has 0 atom stereocenters. The highest BCUT2D eigenvalue weighted by atomic mass is 32.2. The molecule has 1 aromatic rings. The van der Waals surface area contributed by atoms with Gasteiger partial charge >= 0.3 is 0 Å². The van der Waals surface area contributed by atoms with Crippen molar-refractivity contribution in [2.45, 2.75) is 30.7 Å². The molecule has 0 heterocycles. The summed E-state index contributed by atoms with van der Waals surface area (Å²) in [4.78, 5) is 0.333. The number of sulfone groups is 1. The first-order chi connectivity index (χ1) is 9.43. The van der Waals surface area contributed by atoms with Gasteiger partial charge in [0.1, 0.15) is 5.84 Å². The van der Waals surface area contributed by atoms with Gasteiger partial charge < -0.3 is 16.3 Å². The lowest BCUT2D eigenvalue weighted by Crippen LogP contribution is -2.16. The second-order valence-corrected chi connectivity index (χ2v) is 6.66. The molecule has 6 nitrogen and oxygen atoms in total. The van der Waals surface area contributed by atoms with Crippen LogP contribution in [0.4, 0.5) is 0 Å². The van der Waals surface area contributed by atoms with Crippen molar-refractivity contribution in [1.82, 2.24) is 5.32 Å². The van der Waals surface area contributed by atoms with Crippen LogP contribution in [-0.4, -0.2) is 32.3 Å². The van der Waals surface area contributed by atoms with Gasteiger partial charge in [0, 0.05) is 19.2 Å². The van der Waals surface area contributed by atoms with Crippen molar-refractivity contribution >= 4 is 15.7 Å². The minimum atomic E-state index is -3.13. The summed E-state index contributed by atoms with van der Waals surface area (Å²) < 4.78 is 22.6.